The largest absolute Gasteiger partial charge is 0.491 e. The Hall–Kier alpha value is -5.56. The van der Waals surface area contributed by atoms with Crippen molar-refractivity contribution in [2.45, 2.75) is 96.5 Å². The van der Waals surface area contributed by atoms with Gasteiger partial charge in [0, 0.05) is 25.8 Å². The minimum Gasteiger partial charge on any atom is -0.491 e. The van der Waals surface area contributed by atoms with E-state index in [-0.39, 0.29) is 26.4 Å². The first-order chi connectivity index (χ1) is 30.6. The fourth-order valence-corrected chi connectivity index (χ4v) is 7.18. The summed E-state index contributed by atoms with van der Waals surface area (Å²) in [5.74, 6) is -1.06. The van der Waals surface area contributed by atoms with Gasteiger partial charge in [-0.1, -0.05) is 127 Å². The Bertz CT molecular complexity index is 2160. The maximum atomic E-state index is 13.2. The van der Waals surface area contributed by atoms with Gasteiger partial charge < -0.3 is 37.9 Å². The van der Waals surface area contributed by atoms with E-state index in [0.717, 1.165) is 46.4 Å². The second-order valence-electron chi connectivity index (χ2n) is 15.4. The lowest BCUT2D eigenvalue weighted by Gasteiger charge is -2.39. The summed E-state index contributed by atoms with van der Waals surface area (Å²) in [4.78, 5) is 38.3. The minimum atomic E-state index is -1.19. The van der Waals surface area contributed by atoms with Crippen molar-refractivity contribution in [1.29, 1.82) is 0 Å². The molecular formula is C51H55ClO11. The molecule has 0 N–H and O–H groups in total. The molecule has 1 fully saturated rings. The Morgan fingerprint density at radius 2 is 1.13 bits per heavy atom. The highest BCUT2D eigenvalue weighted by Gasteiger charge is 2.45. The van der Waals surface area contributed by atoms with Crippen molar-refractivity contribution in [2.24, 2.45) is 0 Å². The molecule has 63 heavy (non-hydrogen) atoms. The van der Waals surface area contributed by atoms with Crippen molar-refractivity contribution in [1.82, 2.24) is 0 Å². The molecule has 0 radical (unpaired) electrons. The first-order valence-corrected chi connectivity index (χ1v) is 21.5. The van der Waals surface area contributed by atoms with E-state index in [2.05, 4.69) is 0 Å². The molecule has 5 unspecified atom stereocenters. The summed E-state index contributed by atoms with van der Waals surface area (Å²) in [6, 6.07) is 41.8. The second kappa shape index (κ2) is 24.3. The molecule has 0 spiro atoms. The van der Waals surface area contributed by atoms with Crippen molar-refractivity contribution in [3.05, 3.63) is 172 Å². The highest BCUT2D eigenvalue weighted by atomic mass is 35.5. The average Bonchev–Trinajstić information content (AvgIpc) is 4.12. The monoisotopic (exact) mass is 878 g/mol. The van der Waals surface area contributed by atoms with Gasteiger partial charge in [0.2, 0.25) is 0 Å². The molecule has 332 valence electrons. The van der Waals surface area contributed by atoms with Crippen LogP contribution in [0.4, 0.5) is 0 Å². The molecule has 1 saturated carbocycles. The fraction of sp³-hybridized carbons (Fsp3) is 0.353. The lowest BCUT2D eigenvalue weighted by molar-refractivity contribution is -0.219. The molecule has 0 saturated heterocycles. The summed E-state index contributed by atoms with van der Waals surface area (Å²) in [5, 5.41) is 0.511. The first kappa shape index (κ1) is 46.9. The molecule has 1 aliphatic carbocycles. The van der Waals surface area contributed by atoms with Crippen LogP contribution in [0.2, 0.25) is 5.02 Å². The van der Waals surface area contributed by atoms with Crippen LogP contribution in [0.3, 0.4) is 0 Å². The van der Waals surface area contributed by atoms with Gasteiger partial charge in [-0.25, -0.2) is 0 Å². The molecule has 1 aliphatic rings. The maximum Gasteiger partial charge on any atom is 0.303 e. The summed E-state index contributed by atoms with van der Waals surface area (Å²) in [7, 11) is 0. The van der Waals surface area contributed by atoms with Crippen LogP contribution in [0.25, 0.3) is 0 Å². The molecule has 5 aromatic rings. The van der Waals surface area contributed by atoms with Crippen LogP contribution in [0.1, 0.15) is 73.1 Å². The third kappa shape index (κ3) is 15.6. The van der Waals surface area contributed by atoms with Crippen molar-refractivity contribution in [3.63, 3.8) is 0 Å². The summed E-state index contributed by atoms with van der Waals surface area (Å²) in [6.07, 6.45) is -2.66. The molecule has 0 heterocycles. The Kier molecular flexibility index (Phi) is 18.1. The Balaban J connectivity index is 1.41. The van der Waals surface area contributed by atoms with E-state index in [1.165, 1.54) is 20.8 Å². The van der Waals surface area contributed by atoms with Crippen LogP contribution in [-0.2, 0) is 73.8 Å². The zero-order valence-corrected chi connectivity index (χ0v) is 36.7. The van der Waals surface area contributed by atoms with E-state index in [1.807, 2.05) is 121 Å². The van der Waals surface area contributed by atoms with Crippen LogP contribution in [-0.4, -0.2) is 68.2 Å². The third-order valence-electron chi connectivity index (χ3n) is 10.2. The second-order valence-corrected chi connectivity index (χ2v) is 15.8. The number of esters is 3. The predicted molar refractivity (Wildman–Crippen MR) is 237 cm³/mol. The molecule has 12 heteroatoms. The highest BCUT2D eigenvalue weighted by Crippen LogP contribution is 2.35. The van der Waals surface area contributed by atoms with Crippen LogP contribution in [0, 0.1) is 0 Å². The van der Waals surface area contributed by atoms with Crippen molar-refractivity contribution in [3.8, 4) is 5.75 Å². The number of carbonyl (C=O) groups is 3. The lowest BCUT2D eigenvalue weighted by atomic mass is 9.92. The Morgan fingerprint density at radius 3 is 1.65 bits per heavy atom. The molecule has 0 aromatic heterocycles. The molecule has 0 amide bonds. The molecule has 5 aromatic carbocycles. The maximum absolute atomic E-state index is 13.2. The first-order valence-electron chi connectivity index (χ1n) is 21.2. The highest BCUT2D eigenvalue weighted by molar-refractivity contribution is 6.31. The zero-order chi connectivity index (χ0) is 44.4. The number of hydrogen-bond acceptors (Lipinski definition) is 11. The van der Waals surface area contributed by atoms with Gasteiger partial charge in [-0.15, -0.1) is 0 Å². The van der Waals surface area contributed by atoms with Gasteiger partial charge >= 0.3 is 17.9 Å². The molecule has 0 bridgehead atoms. The fourth-order valence-electron chi connectivity index (χ4n) is 7.00. The van der Waals surface area contributed by atoms with E-state index < -0.39 is 48.4 Å². The quantitative estimate of drug-likeness (QED) is 0.0317. The van der Waals surface area contributed by atoms with Crippen LogP contribution in [0.5, 0.6) is 5.75 Å². The number of carbonyl (C=O) groups excluding carboxylic acids is 3. The van der Waals surface area contributed by atoms with Crippen molar-refractivity contribution >= 4 is 29.5 Å². The number of ether oxygens (including phenoxy) is 8. The van der Waals surface area contributed by atoms with Gasteiger partial charge in [0.1, 0.15) is 37.3 Å². The van der Waals surface area contributed by atoms with E-state index in [4.69, 9.17) is 49.5 Å². The van der Waals surface area contributed by atoms with Gasteiger partial charge in [0.15, 0.2) is 12.2 Å². The molecule has 6 rings (SSSR count). The normalized spacial score (nSPS) is 14.7. The summed E-state index contributed by atoms with van der Waals surface area (Å²) >= 11 is 6.89. The van der Waals surface area contributed by atoms with E-state index in [0.29, 0.717) is 36.3 Å². The van der Waals surface area contributed by atoms with Gasteiger partial charge in [-0.05, 0) is 70.8 Å². The summed E-state index contributed by atoms with van der Waals surface area (Å²) < 4.78 is 49.7. The topological polar surface area (TPSA) is 125 Å². The molecule has 0 aliphatic heterocycles. The zero-order valence-electron chi connectivity index (χ0n) is 35.9. The minimum absolute atomic E-state index is 0.0569. The van der Waals surface area contributed by atoms with Gasteiger partial charge in [0.25, 0.3) is 0 Å². The molecule has 11 nitrogen and oxygen atoms in total. The average molecular weight is 879 g/mol. The smallest absolute Gasteiger partial charge is 0.303 e. The van der Waals surface area contributed by atoms with E-state index >= 15 is 0 Å². The Labute approximate surface area is 374 Å². The SMILES string of the molecule is CC(=O)OCC(OC(C)=O)C(OCc1ccccc1)C(OCc1ccccc1)C(OCc1ccccc1)C(OC(C)=O)c1ccc(Cl)c(Cc2ccc(OCCOC3CC3)cc2)c1. The summed E-state index contributed by atoms with van der Waals surface area (Å²) in [5.41, 5.74) is 4.80. The van der Waals surface area contributed by atoms with Crippen molar-refractivity contribution in [2.75, 3.05) is 19.8 Å². The number of benzene rings is 5. The number of rotatable bonds is 25. The lowest BCUT2D eigenvalue weighted by Crippen LogP contribution is -2.53. The number of halogens is 1. The van der Waals surface area contributed by atoms with Crippen LogP contribution < -0.4 is 4.74 Å². The van der Waals surface area contributed by atoms with E-state index in [9.17, 15) is 14.4 Å². The molecular weight excluding hydrogens is 824 g/mol. The van der Waals surface area contributed by atoms with Crippen molar-refractivity contribution < 1.29 is 52.3 Å². The Morgan fingerprint density at radius 1 is 0.587 bits per heavy atom. The van der Waals surface area contributed by atoms with Gasteiger partial charge in [0.05, 0.1) is 32.5 Å². The van der Waals surface area contributed by atoms with Crippen LogP contribution >= 0.6 is 11.6 Å². The standard InChI is InChI=1S/C51H55ClO11/c1-35(53)58-34-47(62-36(2)54)49(59-31-39-13-7-4-8-14-39)51(61-33-41-17-11-6-12-18-41)50(60-32-40-15-9-5-10-16-40)48(63-37(3)55)42-21-26-46(52)43(30-42)29-38-19-22-44(23-20-38)56-27-28-57-45-24-25-45/h4-23,26,30,45,47-51H,24-25,27-29,31-34H2,1-3H3. The number of hydrogen-bond donors (Lipinski definition) is 0. The third-order valence-corrected chi connectivity index (χ3v) is 10.5. The van der Waals surface area contributed by atoms with Gasteiger partial charge in [-0.3, -0.25) is 14.4 Å². The van der Waals surface area contributed by atoms with E-state index in [1.54, 1.807) is 12.1 Å². The van der Waals surface area contributed by atoms with Gasteiger partial charge in [-0.2, -0.15) is 0 Å². The summed E-state index contributed by atoms with van der Waals surface area (Å²) in [6.45, 7) is 4.71. The van der Waals surface area contributed by atoms with Crippen LogP contribution in [0.15, 0.2) is 133 Å². The predicted octanol–water partition coefficient (Wildman–Crippen LogP) is 9.34. The molecule has 5 atom stereocenters.